The molecule has 2 aromatic rings. The van der Waals surface area contributed by atoms with Gasteiger partial charge in [0.25, 0.3) is 0 Å². The molecule has 7 heteroatoms. The maximum Gasteiger partial charge on any atom is 0.416 e. The highest BCUT2D eigenvalue weighted by atomic mass is 32.2. The molecular weight excluding hydrogens is 450 g/mol. The Morgan fingerprint density at radius 3 is 2.39 bits per heavy atom. The lowest BCUT2D eigenvalue weighted by Crippen LogP contribution is -2.39. The second-order valence-electron chi connectivity index (χ2n) is 9.44. The average molecular weight is 478 g/mol. The second kappa shape index (κ2) is 9.08. The van der Waals surface area contributed by atoms with Crippen molar-refractivity contribution >= 4 is 23.4 Å². The first-order valence-electron chi connectivity index (χ1n) is 11.6. The first kappa shape index (κ1) is 22.9. The van der Waals surface area contributed by atoms with Gasteiger partial charge in [-0.05, 0) is 96.9 Å². The zero-order valence-electron chi connectivity index (χ0n) is 18.3. The van der Waals surface area contributed by atoms with E-state index in [2.05, 4.69) is 4.90 Å². The van der Waals surface area contributed by atoms with Gasteiger partial charge in [0.1, 0.15) is 5.82 Å². The molecule has 2 aromatic carbocycles. The summed E-state index contributed by atoms with van der Waals surface area (Å²) in [5.41, 5.74) is 1.04. The smallest absolute Gasteiger partial charge is 0.393 e. The molecule has 2 nitrogen and oxygen atoms in total. The molecule has 0 aromatic heterocycles. The van der Waals surface area contributed by atoms with Gasteiger partial charge in [0.2, 0.25) is 0 Å². The lowest BCUT2D eigenvalue weighted by Gasteiger charge is -2.34. The van der Waals surface area contributed by atoms with Crippen molar-refractivity contribution in [3.8, 4) is 0 Å². The molecule has 176 valence electrons. The molecule has 5 rings (SSSR count). The van der Waals surface area contributed by atoms with Gasteiger partial charge in [0.05, 0.1) is 11.7 Å². The van der Waals surface area contributed by atoms with E-state index in [1.807, 2.05) is 0 Å². The van der Waals surface area contributed by atoms with Crippen molar-refractivity contribution < 1.29 is 22.7 Å². The summed E-state index contributed by atoms with van der Waals surface area (Å²) < 4.78 is 54.1. The maximum absolute atomic E-state index is 14.5. The number of aliphatic hydroxyl groups excluding tert-OH is 1. The van der Waals surface area contributed by atoms with Crippen molar-refractivity contribution in [3.63, 3.8) is 0 Å². The summed E-state index contributed by atoms with van der Waals surface area (Å²) >= 11 is 1.34. The highest BCUT2D eigenvalue weighted by Crippen LogP contribution is 2.37. The molecule has 3 aliphatic rings. The number of halogens is 4. The summed E-state index contributed by atoms with van der Waals surface area (Å²) in [4.78, 5) is 3.93. The van der Waals surface area contributed by atoms with Crippen LogP contribution >= 0.6 is 11.8 Å². The number of rotatable bonds is 2. The van der Waals surface area contributed by atoms with Crippen molar-refractivity contribution in [2.75, 3.05) is 19.6 Å². The van der Waals surface area contributed by atoms with Crippen LogP contribution in [-0.2, 0) is 6.18 Å². The van der Waals surface area contributed by atoms with E-state index in [1.54, 1.807) is 12.1 Å². The van der Waals surface area contributed by atoms with Gasteiger partial charge in [-0.1, -0.05) is 17.3 Å². The van der Waals surface area contributed by atoms with E-state index in [1.165, 1.54) is 35.5 Å². The Labute approximate surface area is 195 Å². The van der Waals surface area contributed by atoms with Crippen LogP contribution in [0.3, 0.4) is 0 Å². The van der Waals surface area contributed by atoms with Gasteiger partial charge in [-0.3, -0.25) is 0 Å². The van der Waals surface area contributed by atoms with Crippen molar-refractivity contribution in [2.45, 2.75) is 60.6 Å². The predicted octanol–water partition coefficient (Wildman–Crippen LogP) is 4.94. The molecular formula is C26H27F4NOS. The predicted molar refractivity (Wildman–Crippen MR) is 122 cm³/mol. The fourth-order valence-corrected chi connectivity index (χ4v) is 6.35. The van der Waals surface area contributed by atoms with Gasteiger partial charge in [-0.25, -0.2) is 4.39 Å². The van der Waals surface area contributed by atoms with Crippen LogP contribution in [0.5, 0.6) is 0 Å². The highest BCUT2D eigenvalue weighted by molar-refractivity contribution is 7.99. The molecule has 0 amide bonds. The SMILES string of the molecule is O[C@H]1CC[C@H](CN2CCC(=c3cc(F)cc4c3=Cc3cc(C(F)(F)F)ccc3S4)CC2)CC1. The third-order valence-corrected chi connectivity index (χ3v) is 8.29. The Morgan fingerprint density at radius 2 is 1.70 bits per heavy atom. The molecule has 33 heavy (non-hydrogen) atoms. The molecule has 0 atom stereocenters. The van der Waals surface area contributed by atoms with Crippen molar-refractivity contribution in [2.24, 2.45) is 5.92 Å². The molecule has 2 aliphatic heterocycles. The minimum atomic E-state index is -4.39. The maximum atomic E-state index is 14.5. The van der Waals surface area contributed by atoms with Gasteiger partial charge >= 0.3 is 6.18 Å². The Bertz CT molecular complexity index is 1160. The summed E-state index contributed by atoms with van der Waals surface area (Å²) in [5.74, 6) is 0.316. The van der Waals surface area contributed by atoms with E-state index in [4.69, 9.17) is 0 Å². The quantitative estimate of drug-likeness (QED) is 0.529. The van der Waals surface area contributed by atoms with Gasteiger partial charge < -0.3 is 10.0 Å². The van der Waals surface area contributed by atoms with E-state index in [0.29, 0.717) is 16.4 Å². The van der Waals surface area contributed by atoms with E-state index in [-0.39, 0.29) is 11.9 Å². The monoisotopic (exact) mass is 477 g/mol. The standard InChI is InChI=1S/C26H27F4NOS/c27-20-13-22(17-7-9-31(10-8-17)15-16-1-4-21(32)5-2-16)23-12-18-11-19(26(28,29)30)3-6-24(18)33-25(23)14-20/h3,6,11-14,16,21,32H,1-2,4-5,7-10,15H2/t16-,21-. The summed E-state index contributed by atoms with van der Waals surface area (Å²) in [6.07, 6.45) is 2.82. The van der Waals surface area contributed by atoms with Crippen LogP contribution in [0.25, 0.3) is 11.6 Å². The van der Waals surface area contributed by atoms with E-state index in [9.17, 15) is 22.7 Å². The fourth-order valence-electron chi connectivity index (χ4n) is 5.29. The number of alkyl halides is 3. The summed E-state index contributed by atoms with van der Waals surface area (Å²) in [6.45, 7) is 2.85. The minimum Gasteiger partial charge on any atom is -0.393 e. The summed E-state index contributed by atoms with van der Waals surface area (Å²) in [5, 5.41) is 11.4. The number of hydrogen-bond donors (Lipinski definition) is 1. The van der Waals surface area contributed by atoms with Crippen LogP contribution in [0.15, 0.2) is 40.1 Å². The molecule has 2 heterocycles. The normalized spacial score (nSPS) is 23.6. The van der Waals surface area contributed by atoms with E-state index in [0.717, 1.165) is 79.6 Å². The van der Waals surface area contributed by atoms with E-state index < -0.39 is 11.7 Å². The number of likely N-dealkylation sites (tertiary alicyclic amines) is 1. The number of aliphatic hydroxyl groups is 1. The molecule has 0 spiro atoms. The van der Waals surface area contributed by atoms with Crippen molar-refractivity contribution in [3.05, 3.63) is 57.7 Å². The van der Waals surface area contributed by atoms with Crippen molar-refractivity contribution in [1.82, 2.24) is 4.90 Å². The number of nitrogens with zero attached hydrogens (tertiary/aromatic N) is 1. The lowest BCUT2D eigenvalue weighted by molar-refractivity contribution is -0.137. The van der Waals surface area contributed by atoms with Gasteiger partial charge in [0.15, 0.2) is 0 Å². The van der Waals surface area contributed by atoms with Crippen LogP contribution in [0.2, 0.25) is 0 Å². The zero-order chi connectivity index (χ0) is 23.2. The first-order chi connectivity index (χ1) is 15.8. The molecule has 1 saturated heterocycles. The summed E-state index contributed by atoms with van der Waals surface area (Å²) in [7, 11) is 0. The van der Waals surface area contributed by atoms with Crippen LogP contribution in [0, 0.1) is 11.7 Å². The second-order valence-corrected chi connectivity index (χ2v) is 10.5. The molecule has 0 radical (unpaired) electrons. The number of piperidine rings is 1. The fraction of sp³-hybridized carbons (Fsp3) is 0.462. The van der Waals surface area contributed by atoms with Crippen LogP contribution < -0.4 is 10.4 Å². The third-order valence-electron chi connectivity index (χ3n) is 7.14. The zero-order valence-corrected chi connectivity index (χ0v) is 19.1. The molecule has 1 N–H and O–H groups in total. The van der Waals surface area contributed by atoms with Crippen molar-refractivity contribution in [1.29, 1.82) is 0 Å². The molecule has 0 bridgehead atoms. The van der Waals surface area contributed by atoms with Gasteiger partial charge in [-0.2, -0.15) is 13.2 Å². The molecule has 1 aliphatic carbocycles. The molecule has 0 unspecified atom stereocenters. The van der Waals surface area contributed by atoms with Gasteiger partial charge in [-0.15, -0.1) is 0 Å². The minimum absolute atomic E-state index is 0.145. The Balaban J connectivity index is 1.43. The largest absolute Gasteiger partial charge is 0.416 e. The van der Waals surface area contributed by atoms with Crippen LogP contribution in [-0.4, -0.2) is 35.7 Å². The Kier molecular flexibility index (Phi) is 6.31. The topological polar surface area (TPSA) is 23.5 Å². The summed E-state index contributed by atoms with van der Waals surface area (Å²) in [6, 6.07) is 6.77. The number of fused-ring (bicyclic) bond motifs is 2. The van der Waals surface area contributed by atoms with E-state index >= 15 is 0 Å². The molecule has 2 fully saturated rings. The average Bonchev–Trinajstić information content (AvgIpc) is 2.78. The lowest BCUT2D eigenvalue weighted by atomic mass is 9.86. The Hall–Kier alpha value is -1.83. The molecule has 1 saturated carbocycles. The highest BCUT2D eigenvalue weighted by Gasteiger charge is 2.31. The van der Waals surface area contributed by atoms with Gasteiger partial charge in [0, 0.05) is 29.4 Å². The van der Waals surface area contributed by atoms with Crippen LogP contribution in [0.4, 0.5) is 17.6 Å². The number of hydrogen-bond acceptors (Lipinski definition) is 3. The van der Waals surface area contributed by atoms with Crippen LogP contribution in [0.1, 0.15) is 49.7 Å². The third kappa shape index (κ3) is 5.00. The first-order valence-corrected chi connectivity index (χ1v) is 12.4. The Morgan fingerprint density at radius 1 is 0.970 bits per heavy atom. The number of benzene rings is 2.